The zero-order chi connectivity index (χ0) is 13.0. The van der Waals surface area contributed by atoms with Gasteiger partial charge in [-0.25, -0.2) is 0 Å². The Morgan fingerprint density at radius 2 is 2.17 bits per heavy atom. The second-order valence-electron chi connectivity index (χ2n) is 6.47. The highest BCUT2D eigenvalue weighted by Gasteiger charge is 2.38. The first-order valence-electron chi connectivity index (χ1n) is 7.57. The number of nitrogens with one attached hydrogen (secondary N) is 1. The van der Waals surface area contributed by atoms with Gasteiger partial charge in [0, 0.05) is 6.42 Å². The molecule has 2 aliphatic carbocycles. The molecule has 4 atom stereocenters. The van der Waals surface area contributed by atoms with Crippen LogP contribution in [0.2, 0.25) is 0 Å². The van der Waals surface area contributed by atoms with Gasteiger partial charge in [0.1, 0.15) is 0 Å². The molecule has 3 heteroatoms. The standard InChI is InChI=1S/C15H27NO2/c1-11(2-5-15(17)18)6-7-16-10-14-9-12-3-4-13(14)8-12/h11-14,16H,2-10H2,1H3,(H,17,18). The van der Waals surface area contributed by atoms with Crippen LogP contribution in [0.4, 0.5) is 0 Å². The smallest absolute Gasteiger partial charge is 0.303 e. The fourth-order valence-electron chi connectivity index (χ4n) is 3.78. The van der Waals surface area contributed by atoms with Gasteiger partial charge in [-0.15, -0.1) is 0 Å². The number of hydrogen-bond acceptors (Lipinski definition) is 2. The third-order valence-corrected chi connectivity index (χ3v) is 4.96. The van der Waals surface area contributed by atoms with E-state index in [1.54, 1.807) is 0 Å². The van der Waals surface area contributed by atoms with Gasteiger partial charge in [-0.2, -0.15) is 0 Å². The predicted molar refractivity (Wildman–Crippen MR) is 72.5 cm³/mol. The monoisotopic (exact) mass is 253 g/mol. The zero-order valence-electron chi connectivity index (χ0n) is 11.5. The molecule has 18 heavy (non-hydrogen) atoms. The number of carbonyl (C=O) groups is 1. The average Bonchev–Trinajstić information content (AvgIpc) is 2.94. The molecule has 0 radical (unpaired) electrons. The maximum atomic E-state index is 10.5. The Labute approximate surface area is 110 Å². The Balaban J connectivity index is 1.49. The minimum absolute atomic E-state index is 0.313. The summed E-state index contributed by atoms with van der Waals surface area (Å²) in [6.07, 6.45) is 8.11. The van der Waals surface area contributed by atoms with Crippen LogP contribution in [-0.2, 0) is 4.79 Å². The van der Waals surface area contributed by atoms with Crippen LogP contribution in [0.5, 0.6) is 0 Å². The van der Waals surface area contributed by atoms with Gasteiger partial charge in [0.25, 0.3) is 0 Å². The SMILES string of the molecule is CC(CCNCC1CC2CCC1C2)CCC(=O)O. The van der Waals surface area contributed by atoms with Crippen LogP contribution in [0, 0.1) is 23.7 Å². The maximum absolute atomic E-state index is 10.5. The summed E-state index contributed by atoms with van der Waals surface area (Å²) in [5, 5.41) is 12.2. The molecule has 2 N–H and O–H groups in total. The molecule has 0 saturated heterocycles. The zero-order valence-corrected chi connectivity index (χ0v) is 11.5. The molecule has 0 spiro atoms. The predicted octanol–water partition coefficient (Wildman–Crippen LogP) is 2.90. The highest BCUT2D eigenvalue weighted by Crippen LogP contribution is 2.47. The van der Waals surface area contributed by atoms with E-state index in [-0.39, 0.29) is 0 Å². The van der Waals surface area contributed by atoms with Crippen molar-refractivity contribution in [3.05, 3.63) is 0 Å². The third-order valence-electron chi connectivity index (χ3n) is 4.96. The molecule has 0 amide bonds. The first-order valence-corrected chi connectivity index (χ1v) is 7.57. The number of carboxylic acid groups (broad SMARTS) is 1. The third kappa shape index (κ3) is 3.98. The van der Waals surface area contributed by atoms with Crippen molar-refractivity contribution in [3.63, 3.8) is 0 Å². The van der Waals surface area contributed by atoms with Gasteiger partial charge in [-0.1, -0.05) is 13.3 Å². The topological polar surface area (TPSA) is 49.3 Å². The molecular formula is C15H27NO2. The van der Waals surface area contributed by atoms with E-state index in [4.69, 9.17) is 5.11 Å². The van der Waals surface area contributed by atoms with Gasteiger partial charge in [-0.3, -0.25) is 4.79 Å². The van der Waals surface area contributed by atoms with Crippen molar-refractivity contribution in [1.29, 1.82) is 0 Å². The van der Waals surface area contributed by atoms with Gasteiger partial charge in [0.05, 0.1) is 0 Å². The summed E-state index contributed by atoms with van der Waals surface area (Å²) in [7, 11) is 0. The van der Waals surface area contributed by atoms with E-state index in [1.807, 2.05) is 0 Å². The highest BCUT2D eigenvalue weighted by molar-refractivity contribution is 5.66. The Bertz CT molecular complexity index is 280. The molecule has 2 fully saturated rings. The lowest BCUT2D eigenvalue weighted by Crippen LogP contribution is -2.28. The van der Waals surface area contributed by atoms with Crippen molar-refractivity contribution in [2.75, 3.05) is 13.1 Å². The van der Waals surface area contributed by atoms with Crippen molar-refractivity contribution in [3.8, 4) is 0 Å². The van der Waals surface area contributed by atoms with Gasteiger partial charge in [-0.05, 0) is 68.9 Å². The van der Waals surface area contributed by atoms with Crippen LogP contribution in [0.25, 0.3) is 0 Å². The van der Waals surface area contributed by atoms with Gasteiger partial charge in [0.2, 0.25) is 0 Å². The van der Waals surface area contributed by atoms with Gasteiger partial charge < -0.3 is 10.4 Å². The molecule has 2 aliphatic rings. The molecule has 0 aliphatic heterocycles. The molecule has 3 nitrogen and oxygen atoms in total. The summed E-state index contributed by atoms with van der Waals surface area (Å²) in [6.45, 7) is 4.39. The lowest BCUT2D eigenvalue weighted by molar-refractivity contribution is -0.137. The Morgan fingerprint density at radius 3 is 2.78 bits per heavy atom. The second kappa shape index (κ2) is 6.55. The summed E-state index contributed by atoms with van der Waals surface area (Å²) in [4.78, 5) is 10.5. The van der Waals surface area contributed by atoms with Crippen LogP contribution in [0.3, 0.4) is 0 Å². The van der Waals surface area contributed by atoms with Crippen LogP contribution >= 0.6 is 0 Å². The molecule has 2 bridgehead atoms. The molecule has 2 rings (SSSR count). The number of hydrogen-bond donors (Lipinski definition) is 2. The molecule has 104 valence electrons. The van der Waals surface area contributed by atoms with Crippen molar-refractivity contribution >= 4 is 5.97 Å². The van der Waals surface area contributed by atoms with E-state index < -0.39 is 5.97 Å². The first kappa shape index (κ1) is 13.9. The summed E-state index contributed by atoms with van der Waals surface area (Å²) in [6, 6.07) is 0. The van der Waals surface area contributed by atoms with E-state index >= 15 is 0 Å². The van der Waals surface area contributed by atoms with E-state index in [0.717, 1.165) is 37.1 Å². The van der Waals surface area contributed by atoms with E-state index in [0.29, 0.717) is 12.3 Å². The van der Waals surface area contributed by atoms with Crippen LogP contribution in [0.1, 0.15) is 51.9 Å². The number of rotatable bonds is 8. The molecule has 2 saturated carbocycles. The fraction of sp³-hybridized carbons (Fsp3) is 0.933. The second-order valence-corrected chi connectivity index (χ2v) is 6.47. The van der Waals surface area contributed by atoms with Crippen LogP contribution in [-0.4, -0.2) is 24.2 Å². The molecular weight excluding hydrogens is 226 g/mol. The number of fused-ring (bicyclic) bond motifs is 2. The van der Waals surface area contributed by atoms with Crippen molar-refractivity contribution in [2.45, 2.75) is 51.9 Å². The summed E-state index contributed by atoms with van der Waals surface area (Å²) in [5.74, 6) is 2.83. The lowest BCUT2D eigenvalue weighted by atomic mass is 9.89. The van der Waals surface area contributed by atoms with Crippen molar-refractivity contribution in [2.24, 2.45) is 23.7 Å². The minimum atomic E-state index is -0.670. The molecule has 0 aromatic rings. The lowest BCUT2D eigenvalue weighted by Gasteiger charge is -2.22. The van der Waals surface area contributed by atoms with Crippen LogP contribution in [0.15, 0.2) is 0 Å². The van der Waals surface area contributed by atoms with Crippen molar-refractivity contribution in [1.82, 2.24) is 5.32 Å². The van der Waals surface area contributed by atoms with Gasteiger partial charge in [0.15, 0.2) is 0 Å². The number of aliphatic carboxylic acids is 1. The summed E-state index contributed by atoms with van der Waals surface area (Å²) in [5.41, 5.74) is 0. The minimum Gasteiger partial charge on any atom is -0.481 e. The molecule has 0 aromatic heterocycles. The highest BCUT2D eigenvalue weighted by atomic mass is 16.4. The quantitative estimate of drug-likeness (QED) is 0.654. The maximum Gasteiger partial charge on any atom is 0.303 e. The molecule has 0 heterocycles. The van der Waals surface area contributed by atoms with E-state index in [9.17, 15) is 4.79 Å². The summed E-state index contributed by atoms with van der Waals surface area (Å²) < 4.78 is 0. The average molecular weight is 253 g/mol. The number of carboxylic acids is 1. The Hall–Kier alpha value is -0.570. The molecule has 4 unspecified atom stereocenters. The Morgan fingerprint density at radius 1 is 1.33 bits per heavy atom. The summed E-state index contributed by atoms with van der Waals surface area (Å²) >= 11 is 0. The fourth-order valence-corrected chi connectivity index (χ4v) is 3.78. The van der Waals surface area contributed by atoms with E-state index in [1.165, 1.54) is 32.2 Å². The first-order chi connectivity index (χ1) is 8.65. The van der Waals surface area contributed by atoms with Crippen molar-refractivity contribution < 1.29 is 9.90 Å². The largest absolute Gasteiger partial charge is 0.481 e. The van der Waals surface area contributed by atoms with Gasteiger partial charge >= 0.3 is 5.97 Å². The van der Waals surface area contributed by atoms with Crippen LogP contribution < -0.4 is 5.32 Å². The Kier molecular flexibility index (Phi) is 5.04. The van der Waals surface area contributed by atoms with E-state index in [2.05, 4.69) is 12.2 Å². The molecule has 0 aromatic carbocycles. The normalized spacial score (nSPS) is 31.7.